The van der Waals surface area contributed by atoms with Crippen LogP contribution in [0.2, 0.25) is 0 Å². The minimum Gasteiger partial charge on any atom is -0.497 e. The Bertz CT molecular complexity index is 1150. The minimum absolute atomic E-state index is 0.0220. The summed E-state index contributed by atoms with van der Waals surface area (Å²) in [5.74, 6) is 2.79. The SMILES string of the molecule is COc1ccc2nc(N3CCCC3C(=O)NCc3ccc4c(c3)OCO4)nc(C)c2c1. The summed E-state index contributed by atoms with van der Waals surface area (Å²) in [6.45, 7) is 3.37. The Morgan fingerprint density at radius 3 is 2.94 bits per heavy atom. The van der Waals surface area contributed by atoms with Gasteiger partial charge in [0, 0.05) is 18.5 Å². The van der Waals surface area contributed by atoms with Crippen molar-refractivity contribution in [2.45, 2.75) is 32.4 Å². The zero-order valence-corrected chi connectivity index (χ0v) is 17.6. The van der Waals surface area contributed by atoms with Gasteiger partial charge in [-0.1, -0.05) is 6.07 Å². The molecule has 160 valence electrons. The molecule has 1 atom stereocenters. The molecule has 1 unspecified atom stereocenters. The number of hydrogen-bond acceptors (Lipinski definition) is 7. The second-order valence-corrected chi connectivity index (χ2v) is 7.75. The van der Waals surface area contributed by atoms with Gasteiger partial charge in [0.1, 0.15) is 11.8 Å². The molecular weight excluding hydrogens is 396 g/mol. The number of ether oxygens (including phenoxy) is 3. The van der Waals surface area contributed by atoms with Crippen molar-refractivity contribution < 1.29 is 19.0 Å². The van der Waals surface area contributed by atoms with E-state index in [0.29, 0.717) is 18.2 Å². The predicted molar refractivity (Wildman–Crippen MR) is 116 cm³/mol. The number of carbonyl (C=O) groups is 1. The van der Waals surface area contributed by atoms with Gasteiger partial charge in [0.15, 0.2) is 11.5 Å². The number of aryl methyl sites for hydroxylation is 1. The lowest BCUT2D eigenvalue weighted by Gasteiger charge is -2.24. The van der Waals surface area contributed by atoms with Crippen molar-refractivity contribution in [1.82, 2.24) is 15.3 Å². The van der Waals surface area contributed by atoms with E-state index < -0.39 is 0 Å². The summed E-state index contributed by atoms with van der Waals surface area (Å²) >= 11 is 0. The van der Waals surface area contributed by atoms with Crippen LogP contribution in [0.5, 0.6) is 17.2 Å². The molecule has 3 heterocycles. The van der Waals surface area contributed by atoms with Crippen LogP contribution < -0.4 is 24.4 Å². The summed E-state index contributed by atoms with van der Waals surface area (Å²) in [6, 6.07) is 11.2. The molecule has 2 aliphatic heterocycles. The third kappa shape index (κ3) is 3.69. The van der Waals surface area contributed by atoms with Gasteiger partial charge in [-0.3, -0.25) is 4.79 Å². The van der Waals surface area contributed by atoms with Crippen molar-refractivity contribution in [3.05, 3.63) is 47.7 Å². The zero-order valence-electron chi connectivity index (χ0n) is 17.6. The van der Waals surface area contributed by atoms with Crippen LogP contribution >= 0.6 is 0 Å². The van der Waals surface area contributed by atoms with E-state index in [2.05, 4.69) is 5.32 Å². The molecule has 1 saturated heterocycles. The maximum atomic E-state index is 13.0. The van der Waals surface area contributed by atoms with Crippen molar-refractivity contribution in [1.29, 1.82) is 0 Å². The van der Waals surface area contributed by atoms with Gasteiger partial charge in [0.05, 0.1) is 18.3 Å². The second-order valence-electron chi connectivity index (χ2n) is 7.75. The lowest BCUT2D eigenvalue weighted by molar-refractivity contribution is -0.122. The first-order chi connectivity index (χ1) is 15.1. The Kier molecular flexibility index (Phi) is 4.97. The number of methoxy groups -OCH3 is 1. The highest BCUT2D eigenvalue weighted by molar-refractivity contribution is 5.87. The van der Waals surface area contributed by atoms with Gasteiger partial charge in [0.25, 0.3) is 0 Å². The van der Waals surface area contributed by atoms with E-state index in [0.717, 1.165) is 53.0 Å². The van der Waals surface area contributed by atoms with Crippen LogP contribution in [0.15, 0.2) is 36.4 Å². The molecule has 1 fully saturated rings. The lowest BCUT2D eigenvalue weighted by atomic mass is 10.1. The first kappa shape index (κ1) is 19.4. The van der Waals surface area contributed by atoms with Crippen LogP contribution in [0.25, 0.3) is 10.9 Å². The highest BCUT2D eigenvalue weighted by Gasteiger charge is 2.32. The summed E-state index contributed by atoms with van der Waals surface area (Å²) in [5, 5.41) is 4.00. The number of anilines is 1. The number of carbonyl (C=O) groups excluding carboxylic acids is 1. The number of benzene rings is 2. The van der Waals surface area contributed by atoms with Crippen molar-refractivity contribution in [2.75, 3.05) is 25.3 Å². The van der Waals surface area contributed by atoms with Crippen LogP contribution in [0.3, 0.4) is 0 Å². The molecule has 8 nitrogen and oxygen atoms in total. The Hall–Kier alpha value is -3.55. The molecule has 2 aliphatic rings. The van der Waals surface area contributed by atoms with E-state index in [4.69, 9.17) is 24.2 Å². The van der Waals surface area contributed by atoms with Gasteiger partial charge in [-0.2, -0.15) is 0 Å². The van der Waals surface area contributed by atoms with Crippen LogP contribution in [-0.4, -0.2) is 42.4 Å². The Balaban J connectivity index is 1.32. The molecule has 1 amide bonds. The van der Waals surface area contributed by atoms with Crippen LogP contribution in [-0.2, 0) is 11.3 Å². The zero-order chi connectivity index (χ0) is 21.4. The third-order valence-corrected chi connectivity index (χ3v) is 5.80. The Morgan fingerprint density at radius 2 is 2.06 bits per heavy atom. The molecule has 0 spiro atoms. The largest absolute Gasteiger partial charge is 0.497 e. The Morgan fingerprint density at radius 1 is 1.19 bits per heavy atom. The molecule has 0 radical (unpaired) electrons. The van der Waals surface area contributed by atoms with E-state index >= 15 is 0 Å². The van der Waals surface area contributed by atoms with Crippen LogP contribution in [0.4, 0.5) is 5.95 Å². The van der Waals surface area contributed by atoms with Gasteiger partial charge in [-0.05, 0) is 55.7 Å². The van der Waals surface area contributed by atoms with Crippen LogP contribution in [0.1, 0.15) is 24.1 Å². The lowest BCUT2D eigenvalue weighted by Crippen LogP contribution is -2.43. The molecule has 0 saturated carbocycles. The van der Waals surface area contributed by atoms with Crippen LogP contribution in [0, 0.1) is 6.92 Å². The smallest absolute Gasteiger partial charge is 0.243 e. The van der Waals surface area contributed by atoms with Gasteiger partial charge in [-0.25, -0.2) is 9.97 Å². The van der Waals surface area contributed by atoms with Crippen molar-refractivity contribution >= 4 is 22.8 Å². The summed E-state index contributed by atoms with van der Waals surface area (Å²) in [5.41, 5.74) is 2.67. The van der Waals surface area contributed by atoms with E-state index in [9.17, 15) is 4.79 Å². The summed E-state index contributed by atoms with van der Waals surface area (Å²) in [6.07, 6.45) is 1.70. The van der Waals surface area contributed by atoms with E-state index in [1.165, 1.54) is 0 Å². The first-order valence-corrected chi connectivity index (χ1v) is 10.4. The van der Waals surface area contributed by atoms with Crippen molar-refractivity contribution in [2.24, 2.45) is 0 Å². The molecule has 0 aliphatic carbocycles. The molecule has 2 aromatic carbocycles. The quantitative estimate of drug-likeness (QED) is 0.679. The van der Waals surface area contributed by atoms with Gasteiger partial charge >= 0.3 is 0 Å². The molecule has 8 heteroatoms. The highest BCUT2D eigenvalue weighted by atomic mass is 16.7. The highest BCUT2D eigenvalue weighted by Crippen LogP contribution is 2.32. The van der Waals surface area contributed by atoms with Crippen molar-refractivity contribution in [3.8, 4) is 17.2 Å². The fourth-order valence-corrected chi connectivity index (χ4v) is 4.14. The topological polar surface area (TPSA) is 85.8 Å². The predicted octanol–water partition coefficient (Wildman–Crippen LogP) is 2.96. The van der Waals surface area contributed by atoms with E-state index in [-0.39, 0.29) is 18.7 Å². The molecule has 1 N–H and O–H groups in total. The first-order valence-electron chi connectivity index (χ1n) is 10.4. The number of rotatable bonds is 5. The van der Waals surface area contributed by atoms with Crippen molar-refractivity contribution in [3.63, 3.8) is 0 Å². The van der Waals surface area contributed by atoms with Gasteiger partial charge in [0.2, 0.25) is 18.6 Å². The second kappa shape index (κ2) is 7.94. The maximum Gasteiger partial charge on any atom is 0.243 e. The number of amides is 1. The summed E-state index contributed by atoms with van der Waals surface area (Å²) in [7, 11) is 1.64. The van der Waals surface area contributed by atoms with E-state index in [1.54, 1.807) is 7.11 Å². The third-order valence-electron chi connectivity index (χ3n) is 5.80. The molecule has 3 aromatic rings. The summed E-state index contributed by atoms with van der Waals surface area (Å²) in [4.78, 5) is 24.4. The molecule has 31 heavy (non-hydrogen) atoms. The fourth-order valence-electron chi connectivity index (χ4n) is 4.14. The molecule has 1 aromatic heterocycles. The number of aromatic nitrogens is 2. The summed E-state index contributed by atoms with van der Waals surface area (Å²) < 4.78 is 16.1. The van der Waals surface area contributed by atoms with Gasteiger partial charge in [-0.15, -0.1) is 0 Å². The number of nitrogens with zero attached hydrogens (tertiary/aromatic N) is 3. The monoisotopic (exact) mass is 420 g/mol. The number of fused-ring (bicyclic) bond motifs is 2. The molecular formula is C23H24N4O4. The normalized spacial score (nSPS) is 17.2. The molecule has 5 rings (SSSR count). The average molecular weight is 420 g/mol. The Labute approximate surface area is 180 Å². The average Bonchev–Trinajstić information content (AvgIpc) is 3.46. The fraction of sp³-hybridized carbons (Fsp3) is 0.348. The number of nitrogens with one attached hydrogen (secondary N) is 1. The standard InChI is InChI=1S/C23H24N4O4/c1-14-17-11-16(29-2)6-7-18(17)26-23(25-14)27-9-3-4-19(27)22(28)24-12-15-5-8-20-21(10-15)31-13-30-20/h5-8,10-11,19H,3-4,9,12-13H2,1-2H3,(H,24,28). The van der Waals surface area contributed by atoms with E-state index in [1.807, 2.05) is 48.2 Å². The van der Waals surface area contributed by atoms with Gasteiger partial charge < -0.3 is 24.4 Å². The molecule has 0 bridgehead atoms. The number of hydrogen-bond donors (Lipinski definition) is 1. The maximum absolute atomic E-state index is 13.0. The minimum atomic E-state index is -0.288.